The number of nitrogen functional groups attached to an aromatic ring is 1. The molecule has 2 aromatic rings. The van der Waals surface area contributed by atoms with Crippen molar-refractivity contribution in [1.82, 2.24) is 9.55 Å². The number of nitrogens with zero attached hydrogens (tertiary/aromatic N) is 2. The predicted octanol–water partition coefficient (Wildman–Crippen LogP) is 4.21. The Bertz CT molecular complexity index is 627. The van der Waals surface area contributed by atoms with E-state index in [1.165, 1.54) is 6.07 Å². The van der Waals surface area contributed by atoms with Gasteiger partial charge in [-0.15, -0.1) is 0 Å². The number of aromatic nitrogens is 2. The fourth-order valence-electron chi connectivity index (χ4n) is 2.50. The van der Waals surface area contributed by atoms with Crippen LogP contribution in [0.4, 0.5) is 10.2 Å². The van der Waals surface area contributed by atoms with Gasteiger partial charge in [0.2, 0.25) is 0 Å². The van der Waals surface area contributed by atoms with Gasteiger partial charge in [-0.2, -0.15) is 0 Å². The van der Waals surface area contributed by atoms with Gasteiger partial charge in [0.15, 0.2) is 0 Å². The van der Waals surface area contributed by atoms with Crippen LogP contribution in [0.5, 0.6) is 0 Å². The van der Waals surface area contributed by atoms with E-state index in [1.807, 2.05) is 4.57 Å². The molecule has 1 saturated carbocycles. The average molecular weight is 294 g/mol. The quantitative estimate of drug-likeness (QED) is 0.917. The zero-order valence-electron chi connectivity index (χ0n) is 11.4. The molecule has 3 rings (SSSR count). The summed E-state index contributed by atoms with van der Waals surface area (Å²) in [5.74, 6) is 1.57. The summed E-state index contributed by atoms with van der Waals surface area (Å²) < 4.78 is 16.1. The maximum absolute atomic E-state index is 14.1. The van der Waals surface area contributed by atoms with Crippen LogP contribution in [0.3, 0.4) is 0 Å². The van der Waals surface area contributed by atoms with Crippen LogP contribution in [-0.2, 0) is 6.54 Å². The zero-order valence-corrected chi connectivity index (χ0v) is 12.1. The minimum Gasteiger partial charge on any atom is -0.383 e. The SMILES string of the molecule is CCCn1c(C2CC2)nc(-c2c(F)cccc2Cl)c1N. The van der Waals surface area contributed by atoms with Gasteiger partial charge in [-0.25, -0.2) is 9.37 Å². The molecule has 1 aliphatic carbocycles. The number of rotatable bonds is 4. The standard InChI is InChI=1S/C15H17ClFN3/c1-2-8-20-14(18)13(19-15(20)9-6-7-9)12-10(16)4-3-5-11(12)17/h3-5,9H,2,6-8,18H2,1H3. The average Bonchev–Trinajstić information content (AvgIpc) is 3.20. The lowest BCUT2D eigenvalue weighted by molar-refractivity contribution is 0.631. The third-order valence-electron chi connectivity index (χ3n) is 3.63. The number of anilines is 1. The molecule has 5 heteroatoms. The fourth-order valence-corrected chi connectivity index (χ4v) is 2.76. The third kappa shape index (κ3) is 2.18. The van der Waals surface area contributed by atoms with Gasteiger partial charge in [-0.3, -0.25) is 0 Å². The number of hydrogen-bond acceptors (Lipinski definition) is 2. The van der Waals surface area contributed by atoms with Gasteiger partial charge >= 0.3 is 0 Å². The first-order valence-corrected chi connectivity index (χ1v) is 7.31. The molecule has 106 valence electrons. The highest BCUT2D eigenvalue weighted by Gasteiger charge is 2.31. The summed E-state index contributed by atoms with van der Waals surface area (Å²) in [5.41, 5.74) is 6.98. The molecule has 1 aliphatic rings. The van der Waals surface area contributed by atoms with Crippen LogP contribution in [-0.4, -0.2) is 9.55 Å². The van der Waals surface area contributed by atoms with Gasteiger partial charge in [0, 0.05) is 12.5 Å². The summed E-state index contributed by atoms with van der Waals surface area (Å²) in [6, 6.07) is 4.63. The minimum atomic E-state index is -0.382. The van der Waals surface area contributed by atoms with Crippen molar-refractivity contribution in [2.75, 3.05) is 5.73 Å². The van der Waals surface area contributed by atoms with Crippen molar-refractivity contribution < 1.29 is 4.39 Å². The Kier molecular flexibility index (Phi) is 3.42. The monoisotopic (exact) mass is 293 g/mol. The Morgan fingerprint density at radius 3 is 2.80 bits per heavy atom. The van der Waals surface area contributed by atoms with Crippen molar-refractivity contribution in [3.05, 3.63) is 34.9 Å². The lowest BCUT2D eigenvalue weighted by Crippen LogP contribution is -2.06. The summed E-state index contributed by atoms with van der Waals surface area (Å²) in [5, 5.41) is 0.347. The smallest absolute Gasteiger partial charge is 0.134 e. The van der Waals surface area contributed by atoms with Crippen LogP contribution in [0.2, 0.25) is 5.02 Å². The first-order valence-electron chi connectivity index (χ1n) is 6.93. The van der Waals surface area contributed by atoms with Gasteiger partial charge in [0.05, 0.1) is 10.6 Å². The Labute approximate surface area is 122 Å². The molecule has 0 bridgehead atoms. The van der Waals surface area contributed by atoms with Crippen molar-refractivity contribution in [2.24, 2.45) is 0 Å². The van der Waals surface area contributed by atoms with Gasteiger partial charge in [-0.1, -0.05) is 24.6 Å². The second kappa shape index (κ2) is 5.09. The molecule has 0 radical (unpaired) electrons. The Hall–Kier alpha value is -1.55. The summed E-state index contributed by atoms with van der Waals surface area (Å²) >= 11 is 6.13. The van der Waals surface area contributed by atoms with E-state index < -0.39 is 0 Å². The van der Waals surface area contributed by atoms with E-state index in [0.717, 1.165) is 31.6 Å². The second-order valence-electron chi connectivity index (χ2n) is 5.23. The summed E-state index contributed by atoms with van der Waals surface area (Å²) in [4.78, 5) is 4.60. The van der Waals surface area contributed by atoms with Crippen LogP contribution in [0, 0.1) is 5.82 Å². The van der Waals surface area contributed by atoms with E-state index >= 15 is 0 Å². The van der Waals surface area contributed by atoms with Crippen molar-refractivity contribution >= 4 is 17.4 Å². The van der Waals surface area contributed by atoms with Crippen molar-refractivity contribution in [2.45, 2.75) is 38.6 Å². The van der Waals surface area contributed by atoms with Crippen molar-refractivity contribution in [3.63, 3.8) is 0 Å². The molecule has 0 amide bonds. The highest BCUT2D eigenvalue weighted by molar-refractivity contribution is 6.33. The Morgan fingerprint density at radius 1 is 1.45 bits per heavy atom. The first-order chi connectivity index (χ1) is 9.63. The maximum Gasteiger partial charge on any atom is 0.134 e. The number of nitrogens with two attached hydrogens (primary N) is 1. The molecular formula is C15H17ClFN3. The molecule has 20 heavy (non-hydrogen) atoms. The van der Waals surface area contributed by atoms with Crippen LogP contribution in [0.25, 0.3) is 11.3 Å². The van der Waals surface area contributed by atoms with E-state index in [2.05, 4.69) is 11.9 Å². The highest BCUT2D eigenvalue weighted by Crippen LogP contribution is 2.43. The van der Waals surface area contributed by atoms with Gasteiger partial charge in [0.1, 0.15) is 23.2 Å². The number of halogens is 2. The Morgan fingerprint density at radius 2 is 2.20 bits per heavy atom. The largest absolute Gasteiger partial charge is 0.383 e. The normalized spacial score (nSPS) is 14.8. The number of imidazole rings is 1. The molecule has 1 aromatic carbocycles. The highest BCUT2D eigenvalue weighted by atomic mass is 35.5. The van der Waals surface area contributed by atoms with Crippen LogP contribution < -0.4 is 5.73 Å². The van der Waals surface area contributed by atoms with Crippen LogP contribution >= 0.6 is 11.6 Å². The fraction of sp³-hybridized carbons (Fsp3) is 0.400. The summed E-state index contributed by atoms with van der Waals surface area (Å²) in [6.45, 7) is 2.89. The molecule has 0 aliphatic heterocycles. The van der Waals surface area contributed by atoms with Gasteiger partial charge in [0.25, 0.3) is 0 Å². The van der Waals surface area contributed by atoms with Crippen molar-refractivity contribution in [3.8, 4) is 11.3 Å². The molecule has 3 nitrogen and oxygen atoms in total. The zero-order chi connectivity index (χ0) is 14.3. The van der Waals surface area contributed by atoms with E-state index in [-0.39, 0.29) is 5.82 Å². The number of hydrogen-bond donors (Lipinski definition) is 1. The summed E-state index contributed by atoms with van der Waals surface area (Å²) in [6.07, 6.45) is 3.22. The molecule has 2 N–H and O–H groups in total. The predicted molar refractivity (Wildman–Crippen MR) is 79.3 cm³/mol. The molecular weight excluding hydrogens is 277 g/mol. The topological polar surface area (TPSA) is 43.8 Å². The lowest BCUT2D eigenvalue weighted by atomic mass is 10.1. The van der Waals surface area contributed by atoms with Crippen molar-refractivity contribution in [1.29, 1.82) is 0 Å². The third-order valence-corrected chi connectivity index (χ3v) is 3.94. The molecule has 1 heterocycles. The van der Waals surface area contributed by atoms with Gasteiger partial charge in [-0.05, 0) is 31.4 Å². The Balaban J connectivity index is 2.16. The number of benzene rings is 1. The van der Waals surface area contributed by atoms with Crippen LogP contribution in [0.1, 0.15) is 37.9 Å². The van der Waals surface area contributed by atoms with Crippen LogP contribution in [0.15, 0.2) is 18.2 Å². The molecule has 0 spiro atoms. The first kappa shape index (κ1) is 13.4. The molecule has 1 aromatic heterocycles. The van der Waals surface area contributed by atoms with E-state index in [0.29, 0.717) is 28.0 Å². The second-order valence-corrected chi connectivity index (χ2v) is 5.63. The molecule has 1 fully saturated rings. The lowest BCUT2D eigenvalue weighted by Gasteiger charge is -2.08. The molecule has 0 unspecified atom stereocenters. The molecule has 0 atom stereocenters. The molecule has 0 saturated heterocycles. The van der Waals surface area contributed by atoms with E-state index in [9.17, 15) is 4.39 Å². The maximum atomic E-state index is 14.1. The minimum absolute atomic E-state index is 0.309. The van der Waals surface area contributed by atoms with Gasteiger partial charge < -0.3 is 10.3 Å². The van der Waals surface area contributed by atoms with E-state index in [4.69, 9.17) is 17.3 Å². The summed E-state index contributed by atoms with van der Waals surface area (Å²) in [7, 11) is 0. The van der Waals surface area contributed by atoms with E-state index in [1.54, 1.807) is 12.1 Å².